The van der Waals surface area contributed by atoms with Gasteiger partial charge in [0.2, 0.25) is 5.95 Å². The highest BCUT2D eigenvalue weighted by atomic mass is 35.5. The lowest BCUT2D eigenvalue weighted by Crippen LogP contribution is -1.97. The number of aromatic nitrogens is 1. The summed E-state index contributed by atoms with van der Waals surface area (Å²) in [5.74, 6) is -0.463. The molecule has 0 aliphatic heterocycles. The van der Waals surface area contributed by atoms with Crippen LogP contribution in [-0.4, -0.2) is 4.98 Å². The maximum atomic E-state index is 13.5. The van der Waals surface area contributed by atoms with Gasteiger partial charge in [0.15, 0.2) is 0 Å². The molecule has 2 rings (SSSR count). The predicted molar refractivity (Wildman–Crippen MR) is 77.1 cm³/mol. The molecule has 19 heavy (non-hydrogen) atoms. The largest absolute Gasteiger partial charge is 0.217 e. The molecule has 0 saturated carbocycles. The van der Waals surface area contributed by atoms with Gasteiger partial charge in [-0.3, -0.25) is 0 Å². The van der Waals surface area contributed by atoms with E-state index in [0.717, 1.165) is 19.3 Å². The minimum atomic E-state index is -0.463. The number of aryl methyl sites for hydroxylation is 3. The van der Waals surface area contributed by atoms with Crippen LogP contribution in [0.2, 0.25) is 5.15 Å². The Morgan fingerprint density at radius 1 is 0.947 bits per heavy atom. The van der Waals surface area contributed by atoms with Crippen molar-refractivity contribution < 1.29 is 4.39 Å². The van der Waals surface area contributed by atoms with Gasteiger partial charge in [0.1, 0.15) is 5.15 Å². The van der Waals surface area contributed by atoms with Gasteiger partial charge in [-0.15, -0.1) is 0 Å². The van der Waals surface area contributed by atoms with Crippen molar-refractivity contribution in [2.24, 2.45) is 0 Å². The highest BCUT2D eigenvalue weighted by Crippen LogP contribution is 2.14. The predicted octanol–water partition coefficient (Wildman–Crippen LogP) is 4.61. The Bertz CT molecular complexity index is 537. The first-order valence-electron chi connectivity index (χ1n) is 6.57. The minimum absolute atomic E-state index is 0.199. The van der Waals surface area contributed by atoms with Crippen LogP contribution in [0.25, 0.3) is 0 Å². The van der Waals surface area contributed by atoms with Crippen molar-refractivity contribution in [3.05, 3.63) is 64.2 Å². The van der Waals surface area contributed by atoms with Crippen LogP contribution in [0.5, 0.6) is 0 Å². The van der Waals surface area contributed by atoms with Crippen LogP contribution < -0.4 is 0 Å². The number of rotatable bonds is 5. The molecule has 1 nitrogen and oxygen atoms in total. The quantitative estimate of drug-likeness (QED) is 0.727. The van der Waals surface area contributed by atoms with Crippen LogP contribution >= 0.6 is 11.6 Å². The monoisotopic (exact) mass is 277 g/mol. The van der Waals surface area contributed by atoms with Gasteiger partial charge >= 0.3 is 0 Å². The second-order valence-electron chi connectivity index (χ2n) is 4.65. The molecule has 0 aliphatic rings. The molecule has 1 aromatic carbocycles. The van der Waals surface area contributed by atoms with Crippen LogP contribution in [0, 0.1) is 5.95 Å². The molecule has 0 bridgehead atoms. The Kier molecular flexibility index (Phi) is 4.92. The standard InChI is InChI=1S/C16H17ClFN/c1-2-3-12-4-6-13(7-5-12)8-9-14-10-11-15(17)19-16(14)18/h4-7,10-11H,2-3,8-9H2,1H3. The van der Waals surface area contributed by atoms with Gasteiger partial charge in [-0.05, 0) is 36.5 Å². The van der Waals surface area contributed by atoms with Crippen LogP contribution in [0.1, 0.15) is 30.0 Å². The minimum Gasteiger partial charge on any atom is -0.208 e. The lowest BCUT2D eigenvalue weighted by atomic mass is 10.0. The van der Waals surface area contributed by atoms with Crippen LogP contribution in [-0.2, 0) is 19.3 Å². The Hall–Kier alpha value is -1.41. The van der Waals surface area contributed by atoms with Crippen molar-refractivity contribution in [3.8, 4) is 0 Å². The summed E-state index contributed by atoms with van der Waals surface area (Å²) in [7, 11) is 0. The lowest BCUT2D eigenvalue weighted by Gasteiger charge is -2.05. The van der Waals surface area contributed by atoms with E-state index in [-0.39, 0.29) is 5.15 Å². The molecule has 0 radical (unpaired) electrons. The van der Waals surface area contributed by atoms with E-state index in [1.54, 1.807) is 12.1 Å². The average Bonchev–Trinajstić information content (AvgIpc) is 2.40. The van der Waals surface area contributed by atoms with E-state index in [1.165, 1.54) is 11.1 Å². The Morgan fingerprint density at radius 3 is 2.16 bits per heavy atom. The molecule has 0 amide bonds. The molecule has 100 valence electrons. The van der Waals surface area contributed by atoms with Gasteiger partial charge in [0.25, 0.3) is 0 Å². The third kappa shape index (κ3) is 4.03. The van der Waals surface area contributed by atoms with Crippen molar-refractivity contribution in [1.82, 2.24) is 4.98 Å². The summed E-state index contributed by atoms with van der Waals surface area (Å²) in [6.07, 6.45) is 3.72. The van der Waals surface area contributed by atoms with Gasteiger partial charge in [-0.1, -0.05) is 55.3 Å². The molecule has 0 N–H and O–H groups in total. The molecule has 0 fully saturated rings. The van der Waals surface area contributed by atoms with E-state index in [9.17, 15) is 4.39 Å². The Balaban J connectivity index is 1.98. The van der Waals surface area contributed by atoms with Crippen LogP contribution in [0.4, 0.5) is 4.39 Å². The lowest BCUT2D eigenvalue weighted by molar-refractivity contribution is 0.566. The van der Waals surface area contributed by atoms with Gasteiger partial charge in [0, 0.05) is 5.56 Å². The number of pyridine rings is 1. The zero-order valence-electron chi connectivity index (χ0n) is 11.0. The number of hydrogen-bond donors (Lipinski definition) is 0. The summed E-state index contributed by atoms with van der Waals surface area (Å²) in [6.45, 7) is 2.17. The summed E-state index contributed by atoms with van der Waals surface area (Å²) in [6, 6.07) is 11.9. The van der Waals surface area contributed by atoms with E-state index in [1.807, 2.05) is 0 Å². The van der Waals surface area contributed by atoms with E-state index in [4.69, 9.17) is 11.6 Å². The second-order valence-corrected chi connectivity index (χ2v) is 5.04. The first-order chi connectivity index (χ1) is 9.19. The van der Waals surface area contributed by atoms with Gasteiger partial charge in [0.05, 0.1) is 0 Å². The topological polar surface area (TPSA) is 12.9 Å². The third-order valence-corrected chi connectivity index (χ3v) is 3.35. The molecule has 1 aromatic heterocycles. The fraction of sp³-hybridized carbons (Fsp3) is 0.312. The normalized spacial score (nSPS) is 10.7. The van der Waals surface area contributed by atoms with Crippen molar-refractivity contribution in [3.63, 3.8) is 0 Å². The highest BCUT2D eigenvalue weighted by Gasteiger charge is 2.05. The first-order valence-corrected chi connectivity index (χ1v) is 6.95. The van der Waals surface area contributed by atoms with E-state index < -0.39 is 5.95 Å². The van der Waals surface area contributed by atoms with Gasteiger partial charge in [-0.2, -0.15) is 4.39 Å². The molecule has 0 aliphatic carbocycles. The Morgan fingerprint density at radius 2 is 1.58 bits per heavy atom. The summed E-state index contributed by atoms with van der Waals surface area (Å²) in [4.78, 5) is 3.62. The number of halogens is 2. The SMILES string of the molecule is CCCc1ccc(CCc2ccc(Cl)nc2F)cc1. The molecule has 0 atom stereocenters. The second kappa shape index (κ2) is 6.67. The third-order valence-electron chi connectivity index (χ3n) is 3.14. The van der Waals surface area contributed by atoms with Crippen molar-refractivity contribution >= 4 is 11.6 Å². The summed E-state index contributed by atoms with van der Waals surface area (Å²) >= 11 is 5.63. The van der Waals surface area contributed by atoms with Crippen LogP contribution in [0.3, 0.4) is 0 Å². The molecule has 0 spiro atoms. The molecular weight excluding hydrogens is 261 g/mol. The van der Waals surface area contributed by atoms with Crippen molar-refractivity contribution in [1.29, 1.82) is 0 Å². The fourth-order valence-electron chi connectivity index (χ4n) is 2.07. The number of benzene rings is 1. The molecule has 0 saturated heterocycles. The molecule has 3 heteroatoms. The summed E-state index contributed by atoms with van der Waals surface area (Å²) in [5, 5.41) is 0.199. The van der Waals surface area contributed by atoms with Crippen LogP contribution in [0.15, 0.2) is 36.4 Å². The zero-order chi connectivity index (χ0) is 13.7. The smallest absolute Gasteiger partial charge is 0.208 e. The maximum Gasteiger partial charge on any atom is 0.217 e. The number of nitrogens with zero attached hydrogens (tertiary/aromatic N) is 1. The van der Waals surface area contributed by atoms with Crippen molar-refractivity contribution in [2.45, 2.75) is 32.6 Å². The summed E-state index contributed by atoms with van der Waals surface area (Å²) < 4.78 is 13.5. The molecular formula is C16H17ClFN. The number of hydrogen-bond acceptors (Lipinski definition) is 1. The van der Waals surface area contributed by atoms with Gasteiger partial charge < -0.3 is 0 Å². The molecule has 2 aromatic rings. The fourth-order valence-corrected chi connectivity index (χ4v) is 2.20. The van der Waals surface area contributed by atoms with Gasteiger partial charge in [-0.25, -0.2) is 4.98 Å². The maximum absolute atomic E-state index is 13.5. The zero-order valence-corrected chi connectivity index (χ0v) is 11.8. The van der Waals surface area contributed by atoms with E-state index in [2.05, 4.69) is 36.2 Å². The Labute approximate surface area is 118 Å². The molecule has 0 unspecified atom stereocenters. The molecule has 1 heterocycles. The van der Waals surface area contributed by atoms with E-state index >= 15 is 0 Å². The summed E-state index contributed by atoms with van der Waals surface area (Å²) in [5.41, 5.74) is 3.18. The highest BCUT2D eigenvalue weighted by molar-refractivity contribution is 6.29. The first kappa shape index (κ1) is 14.0. The average molecular weight is 278 g/mol. The van der Waals surface area contributed by atoms with Crippen molar-refractivity contribution in [2.75, 3.05) is 0 Å². The van der Waals surface area contributed by atoms with E-state index in [0.29, 0.717) is 12.0 Å².